The average molecular weight is 388 g/mol. The van der Waals surface area contributed by atoms with Gasteiger partial charge in [0.1, 0.15) is 17.2 Å². The third-order valence-electron chi connectivity index (χ3n) is 4.84. The predicted octanol–water partition coefficient (Wildman–Crippen LogP) is 2.42. The van der Waals surface area contributed by atoms with E-state index in [0.717, 1.165) is 42.0 Å². The summed E-state index contributed by atoms with van der Waals surface area (Å²) in [5, 5.41) is 3.86. The lowest BCUT2D eigenvalue weighted by Gasteiger charge is -2.16. The number of fused-ring (bicyclic) bond motifs is 1. The largest absolute Gasteiger partial charge is 0.339 e. The lowest BCUT2D eigenvalue weighted by Crippen LogP contribution is -2.42. The summed E-state index contributed by atoms with van der Waals surface area (Å²) in [5.74, 6) is -1.13. The molecule has 9 heteroatoms. The number of rotatable bonds is 3. The summed E-state index contributed by atoms with van der Waals surface area (Å²) >= 11 is 0. The van der Waals surface area contributed by atoms with Crippen LogP contribution in [0.15, 0.2) is 32.3 Å². The van der Waals surface area contributed by atoms with Gasteiger partial charge in [0.25, 0.3) is 5.56 Å². The van der Waals surface area contributed by atoms with Crippen molar-refractivity contribution in [3.8, 4) is 11.4 Å². The zero-order chi connectivity index (χ0) is 19.8. The summed E-state index contributed by atoms with van der Waals surface area (Å²) < 4.78 is 34.7. The lowest BCUT2D eigenvalue weighted by molar-refractivity contribution is 0.394. The van der Waals surface area contributed by atoms with Crippen molar-refractivity contribution >= 4 is 0 Å². The van der Waals surface area contributed by atoms with Gasteiger partial charge >= 0.3 is 5.69 Å². The third kappa shape index (κ3) is 3.28. The summed E-state index contributed by atoms with van der Waals surface area (Å²) in [4.78, 5) is 30.4. The van der Waals surface area contributed by atoms with Crippen molar-refractivity contribution in [2.75, 3.05) is 0 Å². The van der Waals surface area contributed by atoms with E-state index < -0.39 is 22.9 Å². The third-order valence-corrected chi connectivity index (χ3v) is 4.84. The fourth-order valence-electron chi connectivity index (χ4n) is 3.62. The number of aryl methyl sites for hydroxylation is 1. The molecule has 2 aromatic heterocycles. The molecule has 0 unspecified atom stereocenters. The molecule has 0 saturated heterocycles. The van der Waals surface area contributed by atoms with Crippen molar-refractivity contribution < 1.29 is 13.3 Å². The minimum Gasteiger partial charge on any atom is -0.339 e. The first-order valence-corrected chi connectivity index (χ1v) is 9.06. The Balaban J connectivity index is 1.95. The van der Waals surface area contributed by atoms with Gasteiger partial charge in [0.15, 0.2) is 0 Å². The van der Waals surface area contributed by atoms with Crippen molar-refractivity contribution in [2.24, 2.45) is 0 Å². The minimum absolute atomic E-state index is 0.118. The second-order valence-electron chi connectivity index (χ2n) is 6.87. The average Bonchev–Trinajstić information content (AvgIpc) is 2.90. The molecule has 1 aliphatic rings. The zero-order valence-corrected chi connectivity index (χ0v) is 15.2. The SMILES string of the molecule is Cc1nc(-c2c3n(c(=O)n(Cc4cc(F)cc(F)c4)c2=O)CCCCC3)no1. The number of aromatic nitrogens is 4. The highest BCUT2D eigenvalue weighted by molar-refractivity contribution is 5.56. The van der Waals surface area contributed by atoms with Crippen LogP contribution in [0.5, 0.6) is 0 Å². The maximum Gasteiger partial charge on any atom is 0.331 e. The highest BCUT2D eigenvalue weighted by atomic mass is 19.1. The molecule has 0 spiro atoms. The number of halogens is 2. The van der Waals surface area contributed by atoms with Gasteiger partial charge < -0.3 is 4.52 Å². The zero-order valence-electron chi connectivity index (χ0n) is 15.2. The van der Waals surface area contributed by atoms with Crippen molar-refractivity contribution in [3.63, 3.8) is 0 Å². The molecule has 0 aliphatic carbocycles. The number of hydrogen-bond acceptors (Lipinski definition) is 5. The highest BCUT2D eigenvalue weighted by Crippen LogP contribution is 2.21. The van der Waals surface area contributed by atoms with E-state index in [0.29, 0.717) is 24.6 Å². The molecule has 0 atom stereocenters. The van der Waals surface area contributed by atoms with Crippen LogP contribution < -0.4 is 11.2 Å². The van der Waals surface area contributed by atoms with Crippen molar-refractivity contribution in [1.29, 1.82) is 0 Å². The summed E-state index contributed by atoms with van der Waals surface area (Å²) in [6.45, 7) is 1.81. The molecule has 0 N–H and O–H groups in total. The second kappa shape index (κ2) is 7.14. The van der Waals surface area contributed by atoms with Crippen LogP contribution in [0.3, 0.4) is 0 Å². The molecule has 4 rings (SSSR count). The Bertz CT molecular complexity index is 1140. The number of nitrogens with zero attached hydrogens (tertiary/aromatic N) is 4. The number of benzene rings is 1. The van der Waals surface area contributed by atoms with Crippen LogP contribution in [0.25, 0.3) is 11.4 Å². The van der Waals surface area contributed by atoms with Gasteiger partial charge in [-0.1, -0.05) is 11.6 Å². The Kier molecular flexibility index (Phi) is 4.66. The summed E-state index contributed by atoms with van der Waals surface area (Å²) in [5.41, 5.74) is -0.134. The Hall–Kier alpha value is -3.10. The van der Waals surface area contributed by atoms with Crippen LogP contribution in [-0.4, -0.2) is 19.3 Å². The van der Waals surface area contributed by atoms with Crippen molar-refractivity contribution in [3.05, 3.63) is 67.8 Å². The Morgan fingerprint density at radius 3 is 2.54 bits per heavy atom. The number of hydrogen-bond donors (Lipinski definition) is 0. The van der Waals surface area contributed by atoms with Crippen molar-refractivity contribution in [2.45, 2.75) is 45.7 Å². The molecule has 28 heavy (non-hydrogen) atoms. The molecule has 0 radical (unpaired) electrons. The quantitative estimate of drug-likeness (QED) is 0.688. The Morgan fingerprint density at radius 1 is 1.11 bits per heavy atom. The summed E-state index contributed by atoms with van der Waals surface area (Å²) in [7, 11) is 0. The van der Waals surface area contributed by atoms with Crippen LogP contribution in [0.4, 0.5) is 8.78 Å². The van der Waals surface area contributed by atoms with Crippen molar-refractivity contribution in [1.82, 2.24) is 19.3 Å². The molecular weight excluding hydrogens is 370 g/mol. The van der Waals surface area contributed by atoms with Gasteiger partial charge in [0, 0.05) is 25.2 Å². The van der Waals surface area contributed by atoms with E-state index in [1.807, 2.05) is 0 Å². The van der Waals surface area contributed by atoms with Gasteiger partial charge in [-0.25, -0.2) is 13.6 Å². The lowest BCUT2D eigenvalue weighted by atomic mass is 10.1. The molecule has 0 fully saturated rings. The van der Waals surface area contributed by atoms with E-state index in [-0.39, 0.29) is 23.5 Å². The molecule has 7 nitrogen and oxygen atoms in total. The van der Waals surface area contributed by atoms with E-state index in [2.05, 4.69) is 10.1 Å². The molecule has 3 heterocycles. The molecule has 0 amide bonds. The molecule has 1 aliphatic heterocycles. The second-order valence-corrected chi connectivity index (χ2v) is 6.87. The maximum absolute atomic E-state index is 13.6. The van der Waals surface area contributed by atoms with Gasteiger partial charge in [-0.05, 0) is 37.0 Å². The molecule has 3 aromatic rings. The first-order valence-electron chi connectivity index (χ1n) is 9.06. The standard InChI is InChI=1S/C19H18F2N4O3/c1-11-22-17(23-28-11)16-15-5-3-2-4-6-24(15)19(27)25(18(16)26)10-12-7-13(20)9-14(21)8-12/h7-9H,2-6,10H2,1H3. The first kappa shape index (κ1) is 18.3. The minimum atomic E-state index is -0.771. The topological polar surface area (TPSA) is 82.9 Å². The summed E-state index contributed by atoms with van der Waals surface area (Å²) in [6.07, 6.45) is 3.10. The fraction of sp³-hybridized carbons (Fsp3) is 0.368. The molecule has 146 valence electrons. The fourth-order valence-corrected chi connectivity index (χ4v) is 3.62. The Morgan fingerprint density at radius 2 is 1.86 bits per heavy atom. The monoisotopic (exact) mass is 388 g/mol. The molecular formula is C19H18F2N4O3. The maximum atomic E-state index is 13.6. The van der Waals surface area contributed by atoms with E-state index in [1.54, 1.807) is 11.5 Å². The molecule has 1 aromatic carbocycles. The van der Waals surface area contributed by atoms with Crippen LogP contribution in [-0.2, 0) is 19.5 Å². The van der Waals surface area contributed by atoms with Gasteiger partial charge in [0.2, 0.25) is 11.7 Å². The predicted molar refractivity (Wildman–Crippen MR) is 96.0 cm³/mol. The molecule has 0 saturated carbocycles. The molecule has 0 bridgehead atoms. The normalized spacial score (nSPS) is 14.0. The van der Waals surface area contributed by atoms with Gasteiger partial charge in [-0.2, -0.15) is 4.98 Å². The van der Waals surface area contributed by atoms with E-state index in [1.165, 1.54) is 0 Å². The smallest absolute Gasteiger partial charge is 0.331 e. The first-order chi connectivity index (χ1) is 13.4. The van der Waals surface area contributed by atoms with Crippen LogP contribution in [0.2, 0.25) is 0 Å². The van der Waals surface area contributed by atoms with E-state index in [9.17, 15) is 18.4 Å². The van der Waals surface area contributed by atoms with Crippen LogP contribution in [0, 0.1) is 18.6 Å². The van der Waals surface area contributed by atoms with Gasteiger partial charge in [0.05, 0.1) is 6.54 Å². The van der Waals surface area contributed by atoms with Crippen LogP contribution >= 0.6 is 0 Å². The summed E-state index contributed by atoms with van der Waals surface area (Å²) in [6, 6.07) is 2.94. The van der Waals surface area contributed by atoms with E-state index in [4.69, 9.17) is 4.52 Å². The highest BCUT2D eigenvalue weighted by Gasteiger charge is 2.24. The Labute approximate surface area is 158 Å². The van der Waals surface area contributed by atoms with Crippen LogP contribution in [0.1, 0.15) is 36.4 Å². The van der Waals surface area contributed by atoms with E-state index >= 15 is 0 Å². The van der Waals surface area contributed by atoms with Gasteiger partial charge in [-0.15, -0.1) is 0 Å². The van der Waals surface area contributed by atoms with Gasteiger partial charge in [-0.3, -0.25) is 13.9 Å².